The van der Waals surface area contributed by atoms with Crippen LogP contribution in [0, 0.1) is 5.41 Å². The summed E-state index contributed by atoms with van der Waals surface area (Å²) < 4.78 is 4.97. The first kappa shape index (κ1) is 14.4. The molecule has 1 aromatic rings. The van der Waals surface area contributed by atoms with E-state index in [0.717, 1.165) is 5.56 Å². The Bertz CT molecular complexity index is 401. The summed E-state index contributed by atoms with van der Waals surface area (Å²) in [5, 5.41) is 0. The molecule has 18 heavy (non-hydrogen) atoms. The summed E-state index contributed by atoms with van der Waals surface area (Å²) >= 11 is 0. The van der Waals surface area contributed by atoms with Gasteiger partial charge < -0.3 is 4.74 Å². The van der Waals surface area contributed by atoms with E-state index in [1.165, 1.54) is 0 Å². The second-order valence-corrected chi connectivity index (χ2v) is 5.55. The van der Waals surface area contributed by atoms with Crippen LogP contribution in [0.25, 0.3) is 0 Å². The van der Waals surface area contributed by atoms with E-state index in [2.05, 4.69) is 0 Å². The fourth-order valence-corrected chi connectivity index (χ4v) is 1.39. The number of ether oxygens (including phenoxy) is 1. The molecule has 0 aromatic heterocycles. The molecule has 0 aliphatic carbocycles. The highest BCUT2D eigenvalue weighted by molar-refractivity contribution is 6.33. The molecule has 0 unspecified atom stereocenters. The van der Waals surface area contributed by atoms with Crippen molar-refractivity contribution in [1.82, 2.24) is 0 Å². The standard InChI is InChI=1S/C15H20O3/c1-15(2,3)10-9-13(16)14(17)18-11-12-7-5-4-6-8-12/h4-8H,9-11H2,1-3H3. The van der Waals surface area contributed by atoms with Crippen molar-refractivity contribution in [2.24, 2.45) is 5.41 Å². The number of carbonyl (C=O) groups is 2. The van der Waals surface area contributed by atoms with Gasteiger partial charge in [-0.05, 0) is 17.4 Å². The Kier molecular flexibility index (Phi) is 5.08. The van der Waals surface area contributed by atoms with Crippen LogP contribution in [-0.4, -0.2) is 11.8 Å². The number of benzene rings is 1. The maximum absolute atomic E-state index is 11.5. The first-order valence-electron chi connectivity index (χ1n) is 6.12. The van der Waals surface area contributed by atoms with Gasteiger partial charge in [0.2, 0.25) is 5.78 Å². The number of esters is 1. The van der Waals surface area contributed by atoms with Crippen molar-refractivity contribution in [2.75, 3.05) is 0 Å². The van der Waals surface area contributed by atoms with Gasteiger partial charge in [-0.3, -0.25) is 4.79 Å². The summed E-state index contributed by atoms with van der Waals surface area (Å²) in [4.78, 5) is 23.0. The van der Waals surface area contributed by atoms with E-state index in [4.69, 9.17) is 4.74 Å². The van der Waals surface area contributed by atoms with Crippen LogP contribution in [-0.2, 0) is 20.9 Å². The van der Waals surface area contributed by atoms with Crippen molar-refractivity contribution in [2.45, 2.75) is 40.2 Å². The molecule has 0 N–H and O–H groups in total. The number of rotatable bonds is 5. The quantitative estimate of drug-likeness (QED) is 0.594. The van der Waals surface area contributed by atoms with Gasteiger partial charge in [-0.25, -0.2) is 4.79 Å². The Morgan fingerprint density at radius 1 is 1.11 bits per heavy atom. The van der Waals surface area contributed by atoms with Crippen LogP contribution in [0.1, 0.15) is 39.2 Å². The lowest BCUT2D eigenvalue weighted by Crippen LogP contribution is -2.19. The molecule has 0 spiro atoms. The molecule has 0 radical (unpaired) electrons. The molecule has 98 valence electrons. The van der Waals surface area contributed by atoms with Gasteiger partial charge in [-0.1, -0.05) is 51.1 Å². The van der Waals surface area contributed by atoms with Gasteiger partial charge in [-0.2, -0.15) is 0 Å². The monoisotopic (exact) mass is 248 g/mol. The SMILES string of the molecule is CC(C)(C)CCC(=O)C(=O)OCc1ccccc1. The highest BCUT2D eigenvalue weighted by Crippen LogP contribution is 2.20. The van der Waals surface area contributed by atoms with Gasteiger partial charge in [0.25, 0.3) is 0 Å². The Labute approximate surface area is 108 Å². The molecule has 3 nitrogen and oxygen atoms in total. The van der Waals surface area contributed by atoms with Gasteiger partial charge in [0, 0.05) is 6.42 Å². The molecule has 0 bridgehead atoms. The Hall–Kier alpha value is -1.64. The van der Waals surface area contributed by atoms with E-state index in [9.17, 15) is 9.59 Å². The summed E-state index contributed by atoms with van der Waals surface area (Å²) in [6.07, 6.45) is 0.934. The van der Waals surface area contributed by atoms with E-state index >= 15 is 0 Å². The van der Waals surface area contributed by atoms with Gasteiger partial charge in [0.1, 0.15) is 6.61 Å². The largest absolute Gasteiger partial charge is 0.455 e. The van der Waals surface area contributed by atoms with Crippen molar-refractivity contribution in [1.29, 1.82) is 0 Å². The summed E-state index contributed by atoms with van der Waals surface area (Å²) in [5.41, 5.74) is 0.935. The average Bonchev–Trinajstić information content (AvgIpc) is 2.33. The normalized spacial score (nSPS) is 11.1. The minimum absolute atomic E-state index is 0.0510. The fourth-order valence-electron chi connectivity index (χ4n) is 1.39. The lowest BCUT2D eigenvalue weighted by Gasteiger charge is -2.16. The summed E-state index contributed by atoms with van der Waals surface area (Å²) in [7, 11) is 0. The third-order valence-electron chi connectivity index (χ3n) is 2.54. The van der Waals surface area contributed by atoms with Crippen molar-refractivity contribution in [3.8, 4) is 0 Å². The molecule has 0 aliphatic rings. The van der Waals surface area contributed by atoms with Crippen molar-refractivity contribution < 1.29 is 14.3 Å². The summed E-state index contributed by atoms with van der Waals surface area (Å²) in [6, 6.07) is 9.33. The van der Waals surface area contributed by atoms with Gasteiger partial charge in [0.15, 0.2) is 0 Å². The number of hydrogen-bond donors (Lipinski definition) is 0. The molecule has 0 amide bonds. The molecule has 0 fully saturated rings. The van der Waals surface area contributed by atoms with E-state index < -0.39 is 11.8 Å². The number of hydrogen-bond acceptors (Lipinski definition) is 3. The molecule has 0 saturated heterocycles. The molecule has 0 aliphatic heterocycles. The Morgan fingerprint density at radius 3 is 2.28 bits per heavy atom. The molecule has 1 aromatic carbocycles. The van der Waals surface area contributed by atoms with E-state index in [0.29, 0.717) is 6.42 Å². The predicted octanol–water partition coefficient (Wildman–Crippen LogP) is 3.13. The maximum Gasteiger partial charge on any atom is 0.374 e. The second-order valence-electron chi connectivity index (χ2n) is 5.55. The van der Waals surface area contributed by atoms with Crippen molar-refractivity contribution in [3.05, 3.63) is 35.9 Å². The van der Waals surface area contributed by atoms with Gasteiger partial charge >= 0.3 is 5.97 Å². The summed E-state index contributed by atoms with van der Waals surface area (Å²) in [5.74, 6) is -1.18. The molecular formula is C15H20O3. The number of Topliss-reactive ketones (excluding diaryl/α,β-unsaturated/α-hetero) is 1. The van der Waals surface area contributed by atoms with Gasteiger partial charge in [-0.15, -0.1) is 0 Å². The Balaban J connectivity index is 2.35. The van der Waals surface area contributed by atoms with Crippen LogP contribution in [0.5, 0.6) is 0 Å². The molecule has 0 saturated carbocycles. The third kappa shape index (κ3) is 5.62. The van der Waals surface area contributed by atoms with E-state index in [1.54, 1.807) is 0 Å². The van der Waals surface area contributed by atoms with Crippen LogP contribution in [0.3, 0.4) is 0 Å². The minimum atomic E-state index is -0.733. The fraction of sp³-hybridized carbons (Fsp3) is 0.467. The van der Waals surface area contributed by atoms with E-state index in [-0.39, 0.29) is 18.4 Å². The van der Waals surface area contributed by atoms with Gasteiger partial charge in [0.05, 0.1) is 0 Å². The highest BCUT2D eigenvalue weighted by Gasteiger charge is 2.19. The highest BCUT2D eigenvalue weighted by atomic mass is 16.5. The van der Waals surface area contributed by atoms with Crippen molar-refractivity contribution in [3.63, 3.8) is 0 Å². The molecular weight excluding hydrogens is 228 g/mol. The van der Waals surface area contributed by atoms with E-state index in [1.807, 2.05) is 51.1 Å². The zero-order valence-corrected chi connectivity index (χ0v) is 11.2. The van der Waals surface area contributed by atoms with Crippen LogP contribution in [0.4, 0.5) is 0 Å². The average molecular weight is 248 g/mol. The molecule has 0 atom stereocenters. The molecule has 1 rings (SSSR count). The first-order valence-corrected chi connectivity index (χ1v) is 6.12. The molecule has 0 heterocycles. The summed E-state index contributed by atoms with van der Waals surface area (Å²) in [6.45, 7) is 6.27. The zero-order chi connectivity index (χ0) is 13.6. The van der Waals surface area contributed by atoms with Crippen LogP contribution >= 0.6 is 0 Å². The second kappa shape index (κ2) is 6.34. The zero-order valence-electron chi connectivity index (χ0n) is 11.2. The molecule has 3 heteroatoms. The van der Waals surface area contributed by atoms with Crippen molar-refractivity contribution >= 4 is 11.8 Å². The number of carbonyl (C=O) groups excluding carboxylic acids is 2. The maximum atomic E-state index is 11.5. The topological polar surface area (TPSA) is 43.4 Å². The smallest absolute Gasteiger partial charge is 0.374 e. The third-order valence-corrected chi connectivity index (χ3v) is 2.54. The first-order chi connectivity index (χ1) is 8.38. The Morgan fingerprint density at radius 2 is 1.72 bits per heavy atom. The lowest BCUT2D eigenvalue weighted by molar-refractivity contribution is -0.155. The predicted molar refractivity (Wildman–Crippen MR) is 69.9 cm³/mol. The minimum Gasteiger partial charge on any atom is -0.455 e. The van der Waals surface area contributed by atoms with Crippen LogP contribution in [0.2, 0.25) is 0 Å². The lowest BCUT2D eigenvalue weighted by atomic mass is 9.89. The van der Waals surface area contributed by atoms with Crippen LogP contribution < -0.4 is 0 Å². The van der Waals surface area contributed by atoms with Crippen LogP contribution in [0.15, 0.2) is 30.3 Å². The number of ketones is 1.